The lowest BCUT2D eigenvalue weighted by Crippen LogP contribution is -2.31. The molecule has 0 atom stereocenters. The molecule has 0 amide bonds. The van der Waals surface area contributed by atoms with Crippen molar-refractivity contribution in [3.8, 4) is 5.69 Å². The standard InChI is InChI=1S/C22H24N6O4/c1-3-4-10-27-20-19(21(30)25-22(27)31)26(2)17(24-20)14-32-18(29)11-15-12-23-28(13-15)16-8-6-5-7-9-16/h5-9,12-13H,3-4,10-11,14H2,1-2H3,(H,25,30,31). The molecule has 4 rings (SSSR count). The Morgan fingerprint density at radius 3 is 2.72 bits per heavy atom. The number of hydrogen-bond acceptors (Lipinski definition) is 6. The minimum atomic E-state index is -0.515. The van der Waals surface area contributed by atoms with Crippen LogP contribution in [0, 0.1) is 0 Å². The van der Waals surface area contributed by atoms with Crippen molar-refractivity contribution in [3.63, 3.8) is 0 Å². The highest BCUT2D eigenvalue weighted by Gasteiger charge is 2.17. The zero-order chi connectivity index (χ0) is 22.7. The molecule has 0 fully saturated rings. The van der Waals surface area contributed by atoms with E-state index in [0.717, 1.165) is 18.5 Å². The third-order valence-corrected chi connectivity index (χ3v) is 5.21. The molecule has 1 N–H and O–H groups in total. The topological polar surface area (TPSA) is 117 Å². The van der Waals surface area contributed by atoms with Crippen LogP contribution in [0.4, 0.5) is 0 Å². The Bertz CT molecular complexity index is 1360. The van der Waals surface area contributed by atoms with Crippen molar-refractivity contribution in [2.45, 2.75) is 39.3 Å². The number of carbonyl (C=O) groups excluding carboxylic acids is 1. The highest BCUT2D eigenvalue weighted by Crippen LogP contribution is 2.12. The average Bonchev–Trinajstić information content (AvgIpc) is 3.37. The molecule has 3 heterocycles. The van der Waals surface area contributed by atoms with Gasteiger partial charge in [-0.2, -0.15) is 5.10 Å². The molecule has 3 aromatic heterocycles. The smallest absolute Gasteiger partial charge is 0.330 e. The fourth-order valence-corrected chi connectivity index (χ4v) is 3.48. The lowest BCUT2D eigenvalue weighted by atomic mass is 10.2. The molecular weight excluding hydrogens is 412 g/mol. The van der Waals surface area contributed by atoms with Crippen LogP contribution >= 0.6 is 0 Å². The van der Waals surface area contributed by atoms with Crippen LogP contribution in [0.15, 0.2) is 52.3 Å². The number of aromatic nitrogens is 6. The lowest BCUT2D eigenvalue weighted by Gasteiger charge is -2.05. The summed E-state index contributed by atoms with van der Waals surface area (Å²) in [6.45, 7) is 2.35. The van der Waals surface area contributed by atoms with Crippen LogP contribution in [0.3, 0.4) is 0 Å². The summed E-state index contributed by atoms with van der Waals surface area (Å²) in [5.74, 6) is -0.0587. The minimum Gasteiger partial charge on any atom is -0.457 e. The number of fused-ring (bicyclic) bond motifs is 1. The van der Waals surface area contributed by atoms with E-state index in [4.69, 9.17) is 4.74 Å². The predicted molar refractivity (Wildman–Crippen MR) is 118 cm³/mol. The number of esters is 1. The van der Waals surface area contributed by atoms with Gasteiger partial charge >= 0.3 is 11.7 Å². The van der Waals surface area contributed by atoms with Crippen LogP contribution in [0.1, 0.15) is 31.2 Å². The number of nitrogens with one attached hydrogen (secondary N) is 1. The summed E-state index contributed by atoms with van der Waals surface area (Å²) >= 11 is 0. The second-order valence-electron chi connectivity index (χ2n) is 7.49. The van der Waals surface area contributed by atoms with E-state index in [9.17, 15) is 14.4 Å². The van der Waals surface area contributed by atoms with E-state index in [1.54, 1.807) is 28.7 Å². The van der Waals surface area contributed by atoms with Crippen LogP contribution in [-0.2, 0) is 36.2 Å². The number of para-hydroxylation sites is 1. The van der Waals surface area contributed by atoms with Gasteiger partial charge in [-0.05, 0) is 18.6 Å². The van der Waals surface area contributed by atoms with Crippen molar-refractivity contribution in [3.05, 3.63) is 75.0 Å². The maximum Gasteiger partial charge on any atom is 0.330 e. The molecule has 10 heteroatoms. The number of carbonyl (C=O) groups is 1. The Morgan fingerprint density at radius 2 is 1.97 bits per heavy atom. The fraction of sp³-hybridized carbons (Fsp3) is 0.318. The zero-order valence-electron chi connectivity index (χ0n) is 17.9. The Morgan fingerprint density at radius 1 is 1.19 bits per heavy atom. The molecule has 0 spiro atoms. The average molecular weight is 436 g/mol. The number of aryl methyl sites for hydroxylation is 2. The molecular formula is C22H24N6O4. The summed E-state index contributed by atoms with van der Waals surface area (Å²) in [7, 11) is 1.66. The normalized spacial score (nSPS) is 11.2. The van der Waals surface area contributed by atoms with Gasteiger partial charge < -0.3 is 9.30 Å². The van der Waals surface area contributed by atoms with Gasteiger partial charge in [0, 0.05) is 25.4 Å². The van der Waals surface area contributed by atoms with Gasteiger partial charge in [-0.25, -0.2) is 14.5 Å². The van der Waals surface area contributed by atoms with Crippen molar-refractivity contribution in [2.24, 2.45) is 7.05 Å². The first kappa shape index (κ1) is 21.3. The second-order valence-corrected chi connectivity index (χ2v) is 7.49. The number of H-pyrrole nitrogens is 1. The predicted octanol–water partition coefficient (Wildman–Crippen LogP) is 1.69. The third-order valence-electron chi connectivity index (χ3n) is 5.21. The third kappa shape index (κ3) is 4.25. The van der Waals surface area contributed by atoms with Crippen LogP contribution in [0.2, 0.25) is 0 Å². The van der Waals surface area contributed by atoms with Gasteiger partial charge in [0.1, 0.15) is 12.4 Å². The van der Waals surface area contributed by atoms with Gasteiger partial charge in [-0.15, -0.1) is 0 Å². The molecule has 166 valence electrons. The minimum absolute atomic E-state index is 0.0541. The van der Waals surface area contributed by atoms with E-state index < -0.39 is 17.2 Å². The van der Waals surface area contributed by atoms with E-state index in [1.807, 2.05) is 37.3 Å². The maximum absolute atomic E-state index is 12.4. The van der Waals surface area contributed by atoms with Crippen LogP contribution in [0.25, 0.3) is 16.9 Å². The summed E-state index contributed by atoms with van der Waals surface area (Å²) in [5, 5.41) is 4.27. The number of benzene rings is 1. The summed E-state index contributed by atoms with van der Waals surface area (Å²) < 4.78 is 10.1. The number of nitrogens with zero attached hydrogens (tertiary/aromatic N) is 5. The van der Waals surface area contributed by atoms with Crippen LogP contribution in [-0.4, -0.2) is 34.9 Å². The van der Waals surface area contributed by atoms with Crippen molar-refractivity contribution < 1.29 is 9.53 Å². The molecule has 10 nitrogen and oxygen atoms in total. The Hall–Kier alpha value is -3.95. The molecule has 0 unspecified atom stereocenters. The number of rotatable bonds is 8. The summed E-state index contributed by atoms with van der Waals surface area (Å²) in [6.07, 6.45) is 5.12. The van der Waals surface area contributed by atoms with Gasteiger partial charge in [-0.3, -0.25) is 19.1 Å². The molecule has 32 heavy (non-hydrogen) atoms. The van der Waals surface area contributed by atoms with Gasteiger partial charge in [0.05, 0.1) is 18.3 Å². The molecule has 0 aliphatic heterocycles. The van der Waals surface area contributed by atoms with E-state index in [1.165, 1.54) is 4.57 Å². The van der Waals surface area contributed by atoms with E-state index in [-0.39, 0.29) is 18.5 Å². The lowest BCUT2D eigenvalue weighted by molar-refractivity contribution is -0.144. The van der Waals surface area contributed by atoms with Crippen molar-refractivity contribution >= 4 is 17.1 Å². The van der Waals surface area contributed by atoms with Crippen LogP contribution < -0.4 is 11.2 Å². The molecule has 0 bridgehead atoms. The number of unbranched alkanes of at least 4 members (excludes halogenated alkanes) is 1. The number of ether oxygens (including phenoxy) is 1. The van der Waals surface area contributed by atoms with Gasteiger partial charge in [0.25, 0.3) is 5.56 Å². The Kier molecular flexibility index (Phi) is 6.02. The molecule has 4 aromatic rings. The SMILES string of the molecule is CCCCn1c(=O)[nH]c(=O)c2c1nc(COC(=O)Cc1cnn(-c3ccccc3)c1)n2C. The fourth-order valence-electron chi connectivity index (χ4n) is 3.48. The first-order chi connectivity index (χ1) is 15.5. The molecule has 0 radical (unpaired) electrons. The quantitative estimate of drug-likeness (QED) is 0.420. The van der Waals surface area contributed by atoms with Crippen molar-refractivity contribution in [1.82, 2.24) is 28.9 Å². The zero-order valence-corrected chi connectivity index (χ0v) is 17.9. The monoisotopic (exact) mass is 436 g/mol. The van der Waals surface area contributed by atoms with E-state index in [2.05, 4.69) is 15.1 Å². The largest absolute Gasteiger partial charge is 0.457 e. The number of aromatic amines is 1. The van der Waals surface area contributed by atoms with Gasteiger partial charge in [-0.1, -0.05) is 31.5 Å². The summed E-state index contributed by atoms with van der Waals surface area (Å²) in [5.41, 5.74) is 1.17. The highest BCUT2D eigenvalue weighted by molar-refractivity contribution is 5.73. The molecule has 0 saturated heterocycles. The maximum atomic E-state index is 12.4. The molecule has 1 aromatic carbocycles. The summed E-state index contributed by atoms with van der Waals surface area (Å²) in [6, 6.07) is 9.58. The van der Waals surface area contributed by atoms with E-state index >= 15 is 0 Å². The number of imidazole rings is 1. The Labute approximate surface area is 183 Å². The van der Waals surface area contributed by atoms with Gasteiger partial charge in [0.2, 0.25) is 0 Å². The first-order valence-electron chi connectivity index (χ1n) is 10.4. The number of hydrogen-bond donors (Lipinski definition) is 1. The molecule has 0 aliphatic rings. The van der Waals surface area contributed by atoms with Crippen LogP contribution in [0.5, 0.6) is 0 Å². The first-order valence-corrected chi connectivity index (χ1v) is 10.4. The highest BCUT2D eigenvalue weighted by atomic mass is 16.5. The van der Waals surface area contributed by atoms with Crippen molar-refractivity contribution in [2.75, 3.05) is 0 Å². The Balaban J connectivity index is 1.48. The van der Waals surface area contributed by atoms with E-state index in [0.29, 0.717) is 23.6 Å². The molecule has 0 aliphatic carbocycles. The van der Waals surface area contributed by atoms with Crippen molar-refractivity contribution in [1.29, 1.82) is 0 Å². The second kappa shape index (κ2) is 9.04. The summed E-state index contributed by atoms with van der Waals surface area (Å²) in [4.78, 5) is 43.7. The molecule has 0 saturated carbocycles. The van der Waals surface area contributed by atoms with Gasteiger partial charge in [0.15, 0.2) is 11.2 Å².